The van der Waals surface area contributed by atoms with Gasteiger partial charge < -0.3 is 25.0 Å². The van der Waals surface area contributed by atoms with Gasteiger partial charge in [-0.3, -0.25) is 4.79 Å². The Morgan fingerprint density at radius 1 is 1.38 bits per heavy atom. The number of carboxylic acids is 1. The first-order valence-electron chi connectivity index (χ1n) is 7.66. The number of amides is 2. The number of hydrogen-bond donors (Lipinski definition) is 2. The number of rotatable bonds is 5. The van der Waals surface area contributed by atoms with Crippen LogP contribution in [0.1, 0.15) is 19.8 Å². The molecule has 2 heterocycles. The van der Waals surface area contributed by atoms with Gasteiger partial charge in [0.1, 0.15) is 0 Å². The molecule has 0 aromatic carbocycles. The third-order valence-electron chi connectivity index (χ3n) is 4.26. The fourth-order valence-electron chi connectivity index (χ4n) is 2.99. The second kappa shape index (κ2) is 7.61. The Balaban J connectivity index is 1.79. The third kappa shape index (κ3) is 4.57. The summed E-state index contributed by atoms with van der Waals surface area (Å²) >= 11 is 0. The van der Waals surface area contributed by atoms with Gasteiger partial charge in [-0.25, -0.2) is 4.79 Å². The molecule has 2 fully saturated rings. The first-order valence-corrected chi connectivity index (χ1v) is 7.66. The first kappa shape index (κ1) is 16.0. The van der Waals surface area contributed by atoms with Crippen molar-refractivity contribution < 1.29 is 19.4 Å². The Morgan fingerprint density at radius 2 is 2.19 bits per heavy atom. The molecule has 2 N–H and O–H groups in total. The van der Waals surface area contributed by atoms with Gasteiger partial charge in [-0.2, -0.15) is 0 Å². The Labute approximate surface area is 125 Å². The molecule has 7 heteroatoms. The zero-order chi connectivity index (χ0) is 15.2. The van der Waals surface area contributed by atoms with Crippen LogP contribution in [0.15, 0.2) is 0 Å². The molecule has 2 aliphatic heterocycles. The fourth-order valence-corrected chi connectivity index (χ4v) is 2.99. The summed E-state index contributed by atoms with van der Waals surface area (Å²) in [6, 6.07) is -0.536. The summed E-state index contributed by atoms with van der Waals surface area (Å²) in [7, 11) is 0. The number of carbonyl (C=O) groups is 2. The van der Waals surface area contributed by atoms with Crippen LogP contribution in [0, 0.1) is 5.92 Å². The molecule has 2 rings (SSSR count). The molecule has 0 aliphatic carbocycles. The van der Waals surface area contributed by atoms with Crippen LogP contribution >= 0.6 is 0 Å². The summed E-state index contributed by atoms with van der Waals surface area (Å²) in [5, 5.41) is 11.9. The number of nitrogens with zero attached hydrogens (tertiary/aromatic N) is 2. The van der Waals surface area contributed by atoms with Gasteiger partial charge in [0.05, 0.1) is 25.7 Å². The highest BCUT2D eigenvalue weighted by Gasteiger charge is 2.30. The predicted octanol–water partition coefficient (Wildman–Crippen LogP) is 0.213. The van der Waals surface area contributed by atoms with Crippen molar-refractivity contribution >= 4 is 12.0 Å². The van der Waals surface area contributed by atoms with E-state index in [1.165, 1.54) is 0 Å². The quantitative estimate of drug-likeness (QED) is 0.758. The van der Waals surface area contributed by atoms with E-state index in [0.29, 0.717) is 32.2 Å². The smallest absolute Gasteiger partial charge is 0.317 e. The zero-order valence-electron chi connectivity index (χ0n) is 12.6. The van der Waals surface area contributed by atoms with Crippen molar-refractivity contribution in [1.82, 2.24) is 15.1 Å². The zero-order valence-corrected chi connectivity index (χ0v) is 12.6. The summed E-state index contributed by atoms with van der Waals surface area (Å²) in [5.41, 5.74) is 0. The molecule has 0 aromatic heterocycles. The number of likely N-dealkylation sites (tertiary alicyclic amines) is 1. The number of carboxylic acid groups (broad SMARTS) is 1. The van der Waals surface area contributed by atoms with Gasteiger partial charge in [-0.1, -0.05) is 6.92 Å². The van der Waals surface area contributed by atoms with Crippen LogP contribution in [0.2, 0.25) is 0 Å². The maximum atomic E-state index is 12.3. The van der Waals surface area contributed by atoms with E-state index >= 15 is 0 Å². The van der Waals surface area contributed by atoms with E-state index in [1.54, 1.807) is 4.90 Å². The van der Waals surface area contributed by atoms with Crippen molar-refractivity contribution in [2.24, 2.45) is 5.92 Å². The number of nitrogens with one attached hydrogen (secondary N) is 1. The molecular weight excluding hydrogens is 274 g/mol. The maximum Gasteiger partial charge on any atom is 0.317 e. The van der Waals surface area contributed by atoms with Crippen molar-refractivity contribution in [2.75, 3.05) is 45.9 Å². The Hall–Kier alpha value is -1.34. The monoisotopic (exact) mass is 299 g/mol. The van der Waals surface area contributed by atoms with Crippen LogP contribution in [0.25, 0.3) is 0 Å². The van der Waals surface area contributed by atoms with Crippen LogP contribution in [0.3, 0.4) is 0 Å². The molecule has 2 atom stereocenters. The summed E-state index contributed by atoms with van der Waals surface area (Å²) < 4.78 is 5.28. The molecule has 2 amide bonds. The van der Waals surface area contributed by atoms with Crippen LogP contribution in [-0.4, -0.2) is 78.9 Å². The van der Waals surface area contributed by atoms with Crippen LogP contribution in [0.5, 0.6) is 0 Å². The highest BCUT2D eigenvalue weighted by atomic mass is 16.5. The third-order valence-corrected chi connectivity index (χ3v) is 4.26. The lowest BCUT2D eigenvalue weighted by molar-refractivity contribution is -0.139. The molecule has 7 nitrogen and oxygen atoms in total. The van der Waals surface area contributed by atoms with E-state index in [9.17, 15) is 9.59 Å². The molecular formula is C14H25N3O4. The van der Waals surface area contributed by atoms with E-state index in [4.69, 9.17) is 9.84 Å². The molecule has 120 valence electrons. The van der Waals surface area contributed by atoms with E-state index in [2.05, 4.69) is 17.1 Å². The van der Waals surface area contributed by atoms with Gasteiger partial charge in [0.25, 0.3) is 0 Å². The van der Waals surface area contributed by atoms with Gasteiger partial charge in [-0.15, -0.1) is 0 Å². The molecule has 0 radical (unpaired) electrons. The molecule has 21 heavy (non-hydrogen) atoms. The number of carbonyl (C=O) groups excluding carboxylic acids is 1. The fraction of sp³-hybridized carbons (Fsp3) is 0.857. The van der Waals surface area contributed by atoms with E-state index in [0.717, 1.165) is 26.1 Å². The van der Waals surface area contributed by atoms with Crippen LogP contribution in [-0.2, 0) is 9.53 Å². The summed E-state index contributed by atoms with van der Waals surface area (Å²) in [5.74, 6) is -0.412. The molecule has 0 spiro atoms. The molecule has 2 unspecified atom stereocenters. The van der Waals surface area contributed by atoms with Gasteiger partial charge in [0.15, 0.2) is 0 Å². The van der Waals surface area contributed by atoms with Crippen molar-refractivity contribution in [1.29, 1.82) is 0 Å². The second-order valence-electron chi connectivity index (χ2n) is 5.75. The summed E-state index contributed by atoms with van der Waals surface area (Å²) in [4.78, 5) is 27.1. The molecule has 0 saturated carbocycles. The minimum absolute atomic E-state index is 0.0690. The number of aliphatic carboxylic acids is 1. The normalized spacial score (nSPS) is 26.8. The van der Waals surface area contributed by atoms with Crippen molar-refractivity contribution in [3.05, 3.63) is 0 Å². The average Bonchev–Trinajstić information content (AvgIpc) is 2.93. The number of morpholine rings is 1. The standard InChI is InChI=1S/C14H25N3O4/c1-2-16-4-3-11(9-16)8-15-14(20)17-5-6-21-10-12(17)7-13(18)19/h11-12H,2-10H2,1H3,(H,15,20)(H,18,19). The maximum absolute atomic E-state index is 12.3. The number of ether oxygens (including phenoxy) is 1. The molecule has 0 bridgehead atoms. The lowest BCUT2D eigenvalue weighted by Crippen LogP contribution is -2.53. The second-order valence-corrected chi connectivity index (χ2v) is 5.75. The Kier molecular flexibility index (Phi) is 5.81. The van der Waals surface area contributed by atoms with Crippen molar-refractivity contribution in [3.8, 4) is 0 Å². The Bertz CT molecular complexity index is 377. The van der Waals surface area contributed by atoms with Crippen LogP contribution in [0.4, 0.5) is 4.79 Å². The molecule has 0 aromatic rings. The lowest BCUT2D eigenvalue weighted by Gasteiger charge is -2.35. The van der Waals surface area contributed by atoms with Gasteiger partial charge in [0, 0.05) is 19.6 Å². The summed E-state index contributed by atoms with van der Waals surface area (Å²) in [6.07, 6.45) is 1.04. The van der Waals surface area contributed by atoms with Gasteiger partial charge in [0.2, 0.25) is 0 Å². The van der Waals surface area contributed by atoms with E-state index in [1.807, 2.05) is 0 Å². The minimum Gasteiger partial charge on any atom is -0.481 e. The van der Waals surface area contributed by atoms with E-state index in [-0.39, 0.29) is 18.5 Å². The van der Waals surface area contributed by atoms with Gasteiger partial charge >= 0.3 is 12.0 Å². The first-order chi connectivity index (χ1) is 10.1. The van der Waals surface area contributed by atoms with Crippen LogP contribution < -0.4 is 5.32 Å². The SMILES string of the molecule is CCN1CCC(CNC(=O)N2CCOCC2CC(=O)O)C1. The Morgan fingerprint density at radius 3 is 2.86 bits per heavy atom. The van der Waals surface area contributed by atoms with Crippen molar-refractivity contribution in [2.45, 2.75) is 25.8 Å². The highest BCUT2D eigenvalue weighted by molar-refractivity contribution is 5.76. The predicted molar refractivity (Wildman–Crippen MR) is 77.2 cm³/mol. The lowest BCUT2D eigenvalue weighted by atomic mass is 10.1. The average molecular weight is 299 g/mol. The van der Waals surface area contributed by atoms with Gasteiger partial charge in [-0.05, 0) is 25.4 Å². The largest absolute Gasteiger partial charge is 0.481 e. The van der Waals surface area contributed by atoms with Crippen molar-refractivity contribution in [3.63, 3.8) is 0 Å². The molecule has 2 saturated heterocycles. The summed E-state index contributed by atoms with van der Waals surface area (Å²) in [6.45, 7) is 7.19. The van der Waals surface area contributed by atoms with E-state index < -0.39 is 5.97 Å². The highest BCUT2D eigenvalue weighted by Crippen LogP contribution is 2.15. The number of urea groups is 1. The minimum atomic E-state index is -0.905. The molecule has 2 aliphatic rings. The topological polar surface area (TPSA) is 82.1 Å². The number of hydrogen-bond acceptors (Lipinski definition) is 4.